The highest BCUT2D eigenvalue weighted by atomic mass is 19.1. The molecule has 0 radical (unpaired) electrons. The molecule has 2 amide bonds. The maximum absolute atomic E-state index is 16.2. The van der Waals surface area contributed by atoms with E-state index in [1.165, 1.54) is 22.5 Å². The van der Waals surface area contributed by atoms with E-state index in [0.29, 0.717) is 84.7 Å². The average Bonchev–Trinajstić information content (AvgIpc) is 3.49. The first-order valence-electron chi connectivity index (χ1n) is 20.5. The van der Waals surface area contributed by atoms with Gasteiger partial charge in [-0.3, -0.25) is 19.7 Å². The second kappa shape index (κ2) is 16.6. The molecule has 0 saturated carbocycles. The van der Waals surface area contributed by atoms with Gasteiger partial charge in [-0.15, -0.1) is 6.58 Å². The van der Waals surface area contributed by atoms with Crippen molar-refractivity contribution in [3.8, 4) is 5.82 Å². The molecule has 3 aromatic heterocycles. The number of nitrogens with zero attached hydrogens (tertiary/aromatic N) is 7. The van der Waals surface area contributed by atoms with Gasteiger partial charge in [0.2, 0.25) is 17.8 Å². The lowest BCUT2D eigenvalue weighted by atomic mass is 9.87. The molecule has 0 bridgehead atoms. The van der Waals surface area contributed by atoms with E-state index in [1.807, 2.05) is 17.0 Å². The van der Waals surface area contributed by atoms with Crippen LogP contribution in [0.25, 0.3) is 16.9 Å². The third-order valence-electron chi connectivity index (χ3n) is 11.8. The standard InChI is InChI=1S/C44H50F2N10O4/c1-4-20-55-41(59)32-26-47-42(52-39(32)56(55)37-7-5-6-36(50-37)43(2,3)60)49-30-10-8-28(9-11-30)29-16-21-53(22-17-29)27-44(46)18-23-54(24-19-44)35-14-12-31(25-33(35)45)48-34-13-15-38(57)51-40(34)58/h4-12,14,25-26,29,34,48,60H,1,13,15-24,27H2,2-3H3,(H,47,49,52)(H,51,57,58). The quantitative estimate of drug-likeness (QED) is 0.0906. The Bertz CT molecular complexity index is 2460. The van der Waals surface area contributed by atoms with Crippen LogP contribution in [-0.2, 0) is 21.7 Å². The number of benzene rings is 2. The average molecular weight is 821 g/mol. The highest BCUT2D eigenvalue weighted by Crippen LogP contribution is 2.35. The molecule has 60 heavy (non-hydrogen) atoms. The number of hydrogen-bond donors (Lipinski definition) is 4. The van der Waals surface area contributed by atoms with Crippen LogP contribution in [0.2, 0.25) is 0 Å². The molecule has 3 aliphatic rings. The van der Waals surface area contributed by atoms with Gasteiger partial charge < -0.3 is 25.5 Å². The number of aromatic nitrogens is 5. The summed E-state index contributed by atoms with van der Waals surface area (Å²) in [4.78, 5) is 54.9. The van der Waals surface area contributed by atoms with E-state index in [1.54, 1.807) is 54.9 Å². The van der Waals surface area contributed by atoms with Crippen LogP contribution in [-0.4, -0.2) is 90.6 Å². The van der Waals surface area contributed by atoms with Crippen LogP contribution < -0.4 is 26.4 Å². The second-order valence-electron chi connectivity index (χ2n) is 16.6. The maximum atomic E-state index is 16.2. The zero-order valence-corrected chi connectivity index (χ0v) is 33.8. The number of carbonyl (C=O) groups excluding carboxylic acids is 2. The number of nitrogens with one attached hydrogen (secondary N) is 3. The van der Waals surface area contributed by atoms with E-state index in [2.05, 4.69) is 49.5 Å². The van der Waals surface area contributed by atoms with Crippen LogP contribution >= 0.6 is 0 Å². The molecule has 1 atom stereocenters. The molecule has 3 saturated heterocycles. The minimum Gasteiger partial charge on any atom is -0.384 e. The number of allylic oxidation sites excluding steroid dienone is 1. The molecule has 6 heterocycles. The van der Waals surface area contributed by atoms with Gasteiger partial charge in [-0.25, -0.2) is 28.1 Å². The molecular formula is C44H50F2N10O4. The number of fused-ring (bicyclic) bond motifs is 1. The Morgan fingerprint density at radius 3 is 2.40 bits per heavy atom. The van der Waals surface area contributed by atoms with Crippen molar-refractivity contribution in [1.29, 1.82) is 0 Å². The number of pyridine rings is 1. The predicted octanol–water partition coefficient (Wildman–Crippen LogP) is 5.68. The van der Waals surface area contributed by atoms with Crippen molar-refractivity contribution < 1.29 is 23.5 Å². The van der Waals surface area contributed by atoms with E-state index in [0.717, 1.165) is 31.6 Å². The molecule has 1 unspecified atom stereocenters. The normalized spacial score (nSPS) is 19.0. The van der Waals surface area contributed by atoms with E-state index < -0.39 is 29.0 Å². The van der Waals surface area contributed by atoms with Crippen LogP contribution in [0, 0.1) is 5.82 Å². The Kier molecular flexibility index (Phi) is 11.3. The van der Waals surface area contributed by atoms with Crippen molar-refractivity contribution in [3.05, 3.63) is 107 Å². The van der Waals surface area contributed by atoms with E-state index in [9.17, 15) is 19.5 Å². The molecule has 5 aromatic rings. The fourth-order valence-electron chi connectivity index (χ4n) is 8.48. The lowest BCUT2D eigenvalue weighted by molar-refractivity contribution is -0.133. The summed E-state index contributed by atoms with van der Waals surface area (Å²) < 4.78 is 34.5. The van der Waals surface area contributed by atoms with Crippen LogP contribution in [0.3, 0.4) is 0 Å². The molecule has 0 aliphatic carbocycles. The highest BCUT2D eigenvalue weighted by Gasteiger charge is 2.38. The Morgan fingerprint density at radius 2 is 1.72 bits per heavy atom. The van der Waals surface area contributed by atoms with E-state index in [4.69, 9.17) is 4.98 Å². The molecule has 14 nitrogen and oxygen atoms in total. The van der Waals surface area contributed by atoms with Crippen molar-refractivity contribution in [2.24, 2.45) is 0 Å². The Morgan fingerprint density at radius 1 is 0.983 bits per heavy atom. The molecule has 314 valence electrons. The number of piperidine rings is 3. The summed E-state index contributed by atoms with van der Waals surface area (Å²) in [5, 5.41) is 19.5. The summed E-state index contributed by atoms with van der Waals surface area (Å²) in [6.45, 7) is 10.0. The number of likely N-dealkylation sites (tertiary alicyclic amines) is 1. The third-order valence-corrected chi connectivity index (χ3v) is 11.8. The van der Waals surface area contributed by atoms with Gasteiger partial charge in [0.1, 0.15) is 28.5 Å². The van der Waals surface area contributed by atoms with Crippen LogP contribution in [0.15, 0.2) is 84.3 Å². The molecule has 3 aliphatic heterocycles. The van der Waals surface area contributed by atoms with Crippen molar-refractivity contribution in [3.63, 3.8) is 0 Å². The maximum Gasteiger partial charge on any atom is 0.278 e. The number of hydrogen-bond acceptors (Lipinski definition) is 11. The monoisotopic (exact) mass is 820 g/mol. The number of anilines is 4. The van der Waals surface area contributed by atoms with Crippen molar-refractivity contribution >= 4 is 45.9 Å². The lowest BCUT2D eigenvalue weighted by Gasteiger charge is -2.42. The zero-order valence-electron chi connectivity index (χ0n) is 33.8. The van der Waals surface area contributed by atoms with Crippen molar-refractivity contribution in [2.45, 2.75) is 82.1 Å². The molecule has 8 rings (SSSR count). The summed E-state index contributed by atoms with van der Waals surface area (Å²) in [5.74, 6) is -0.0995. The topological polar surface area (TPSA) is 163 Å². The predicted molar refractivity (Wildman–Crippen MR) is 226 cm³/mol. The summed E-state index contributed by atoms with van der Waals surface area (Å²) in [7, 11) is 0. The summed E-state index contributed by atoms with van der Waals surface area (Å²) >= 11 is 0. The van der Waals surface area contributed by atoms with Gasteiger partial charge in [-0.1, -0.05) is 24.3 Å². The molecule has 0 spiro atoms. The molecule has 3 fully saturated rings. The Hall–Kier alpha value is -6.00. The van der Waals surface area contributed by atoms with Crippen LogP contribution in [0.5, 0.6) is 0 Å². The Labute approximate surface area is 346 Å². The van der Waals surface area contributed by atoms with Gasteiger partial charge in [-0.05, 0) is 100 Å². The lowest BCUT2D eigenvalue weighted by Crippen LogP contribution is -2.50. The minimum atomic E-state index is -1.36. The molecule has 2 aromatic carbocycles. The third kappa shape index (κ3) is 8.66. The number of imide groups is 1. The number of amides is 2. The number of aliphatic hydroxyl groups is 1. The minimum absolute atomic E-state index is 0.218. The SMILES string of the molecule is C=CCn1c(=O)c2cnc(Nc3ccc(C4CCN(CC5(F)CCN(c6ccc(NC7CCC(=O)NC7=O)cc6F)CC5)CC4)cc3)nc2n1-c1cccc(C(C)(C)O)n1. The van der Waals surface area contributed by atoms with Gasteiger partial charge in [0.15, 0.2) is 11.5 Å². The largest absolute Gasteiger partial charge is 0.384 e. The highest BCUT2D eigenvalue weighted by molar-refractivity contribution is 6.01. The molecule has 4 N–H and O–H groups in total. The summed E-state index contributed by atoms with van der Waals surface area (Å²) in [6.07, 6.45) is 6.12. The van der Waals surface area contributed by atoms with Crippen molar-refractivity contribution in [2.75, 3.05) is 48.3 Å². The molecule has 16 heteroatoms. The van der Waals surface area contributed by atoms with Gasteiger partial charge in [0.05, 0.1) is 17.9 Å². The smallest absolute Gasteiger partial charge is 0.278 e. The number of halogens is 2. The van der Waals surface area contributed by atoms with E-state index in [-0.39, 0.29) is 24.4 Å². The van der Waals surface area contributed by atoms with E-state index >= 15 is 8.78 Å². The van der Waals surface area contributed by atoms with Gasteiger partial charge >= 0.3 is 0 Å². The zero-order chi connectivity index (χ0) is 42.2. The fourth-order valence-corrected chi connectivity index (χ4v) is 8.48. The van der Waals surface area contributed by atoms with Gasteiger partial charge in [-0.2, -0.15) is 4.98 Å². The summed E-state index contributed by atoms with van der Waals surface area (Å²) in [5.41, 5.74) is 0.836. The number of rotatable bonds is 12. The second-order valence-corrected chi connectivity index (χ2v) is 16.6. The summed E-state index contributed by atoms with van der Waals surface area (Å²) in [6, 6.07) is 17.5. The van der Waals surface area contributed by atoms with Gasteiger partial charge in [0, 0.05) is 56.5 Å². The number of carbonyl (C=O) groups is 2. The fraction of sp³-hybridized carbons (Fsp3) is 0.409. The van der Waals surface area contributed by atoms with Crippen LogP contribution in [0.4, 0.5) is 31.8 Å². The first-order valence-corrected chi connectivity index (χ1v) is 20.5. The number of alkyl halides is 1. The van der Waals surface area contributed by atoms with Crippen molar-refractivity contribution in [1.82, 2.24) is 34.5 Å². The Balaban J connectivity index is 0.851. The first-order chi connectivity index (χ1) is 28.8. The first kappa shape index (κ1) is 40.8. The van der Waals surface area contributed by atoms with Gasteiger partial charge in [0.25, 0.3) is 5.56 Å². The molecular weight excluding hydrogens is 771 g/mol. The van der Waals surface area contributed by atoms with Crippen LogP contribution in [0.1, 0.15) is 69.5 Å².